The number of nitrogens with zero attached hydrogens (tertiary/aromatic N) is 3. The number of ether oxygens (including phenoxy) is 1. The van der Waals surface area contributed by atoms with Gasteiger partial charge in [0.05, 0.1) is 19.3 Å². The van der Waals surface area contributed by atoms with Crippen LogP contribution in [0.3, 0.4) is 0 Å². The Hall–Kier alpha value is -1.51. The number of carboxylic acid groups (broad SMARTS) is 1. The van der Waals surface area contributed by atoms with E-state index < -0.39 is 12.1 Å². The summed E-state index contributed by atoms with van der Waals surface area (Å²) in [6, 6.07) is 0. The van der Waals surface area contributed by atoms with Crippen LogP contribution in [0.5, 0.6) is 0 Å². The fourth-order valence-corrected chi connectivity index (χ4v) is 0.865. The van der Waals surface area contributed by atoms with Crippen LogP contribution in [0.1, 0.15) is 0 Å². The Balaban J connectivity index is 0.000000325. The van der Waals surface area contributed by atoms with Crippen LogP contribution in [0.15, 0.2) is 5.11 Å². The van der Waals surface area contributed by atoms with Gasteiger partial charge in [-0.1, -0.05) is 5.11 Å². The third-order valence-corrected chi connectivity index (χ3v) is 1.60. The minimum Gasteiger partial charge on any atom is -0.475 e. The van der Waals surface area contributed by atoms with Crippen molar-refractivity contribution in [3.63, 3.8) is 0 Å². The molecular weight excluding hydrogens is 245 g/mol. The smallest absolute Gasteiger partial charge is 0.475 e. The summed E-state index contributed by atoms with van der Waals surface area (Å²) in [6.07, 6.45) is -5.01. The van der Waals surface area contributed by atoms with Crippen molar-refractivity contribution < 1.29 is 27.8 Å². The molecule has 2 N–H and O–H groups in total. The predicted molar refractivity (Wildman–Crippen MR) is 50.3 cm³/mol. The molecule has 1 aliphatic heterocycles. The molecule has 0 aromatic heterocycles. The van der Waals surface area contributed by atoms with Crippen molar-refractivity contribution in [2.75, 3.05) is 26.2 Å². The number of halogens is 3. The van der Waals surface area contributed by atoms with Gasteiger partial charge < -0.3 is 15.2 Å². The summed E-state index contributed by atoms with van der Waals surface area (Å²) in [4.78, 5) is 11.5. The van der Waals surface area contributed by atoms with Crippen molar-refractivity contribution >= 4 is 5.97 Å². The molecule has 1 heterocycles. The summed E-state index contributed by atoms with van der Waals surface area (Å²) in [5, 5.41) is 13.7. The SMILES string of the molecule is O=C(O)C(F)(F)F.[N-]=[N+]=NC[C@H]1CNCCO1. The highest BCUT2D eigenvalue weighted by Crippen LogP contribution is 2.13. The van der Waals surface area contributed by atoms with Crippen LogP contribution in [-0.4, -0.2) is 49.6 Å². The minimum absolute atomic E-state index is 0.0737. The molecule has 1 aliphatic rings. The van der Waals surface area contributed by atoms with Crippen LogP contribution < -0.4 is 5.32 Å². The highest BCUT2D eigenvalue weighted by Gasteiger charge is 2.38. The van der Waals surface area contributed by atoms with E-state index in [4.69, 9.17) is 20.2 Å². The number of aliphatic carboxylic acids is 1. The molecule has 0 radical (unpaired) electrons. The summed E-state index contributed by atoms with van der Waals surface area (Å²) in [5.74, 6) is -2.76. The van der Waals surface area contributed by atoms with Crippen molar-refractivity contribution in [1.29, 1.82) is 0 Å². The molecule has 0 bridgehead atoms. The topological polar surface area (TPSA) is 107 Å². The van der Waals surface area contributed by atoms with Crippen LogP contribution >= 0.6 is 0 Å². The van der Waals surface area contributed by atoms with Crippen LogP contribution in [0.4, 0.5) is 13.2 Å². The summed E-state index contributed by atoms with van der Waals surface area (Å²) in [5.41, 5.74) is 7.98. The Morgan fingerprint density at radius 3 is 2.59 bits per heavy atom. The number of azide groups is 1. The van der Waals surface area contributed by atoms with Gasteiger partial charge in [0, 0.05) is 18.0 Å². The number of carboxylic acids is 1. The summed E-state index contributed by atoms with van der Waals surface area (Å²) in [6.45, 7) is 2.83. The molecule has 0 unspecified atom stereocenters. The van der Waals surface area contributed by atoms with Gasteiger partial charge in [0.2, 0.25) is 0 Å². The molecule has 0 saturated carbocycles. The van der Waals surface area contributed by atoms with Gasteiger partial charge in [-0.2, -0.15) is 13.2 Å². The van der Waals surface area contributed by atoms with Gasteiger partial charge in [-0.05, 0) is 5.53 Å². The van der Waals surface area contributed by atoms with E-state index in [0.717, 1.165) is 13.1 Å². The van der Waals surface area contributed by atoms with Crippen LogP contribution in [-0.2, 0) is 9.53 Å². The van der Waals surface area contributed by atoms with Gasteiger partial charge in [0.1, 0.15) is 0 Å². The van der Waals surface area contributed by atoms with E-state index in [1.807, 2.05) is 0 Å². The zero-order valence-corrected chi connectivity index (χ0v) is 8.65. The van der Waals surface area contributed by atoms with E-state index in [1.54, 1.807) is 0 Å². The van der Waals surface area contributed by atoms with Gasteiger partial charge >= 0.3 is 12.1 Å². The second-order valence-corrected chi connectivity index (χ2v) is 2.91. The molecule has 0 spiro atoms. The number of hydrogen-bond donors (Lipinski definition) is 2. The van der Waals surface area contributed by atoms with Crippen molar-refractivity contribution in [2.45, 2.75) is 12.3 Å². The van der Waals surface area contributed by atoms with E-state index in [0.29, 0.717) is 13.2 Å². The van der Waals surface area contributed by atoms with E-state index in [2.05, 4.69) is 15.3 Å². The number of morpholine rings is 1. The van der Waals surface area contributed by atoms with Gasteiger partial charge in [-0.3, -0.25) is 0 Å². The number of rotatable bonds is 2. The second-order valence-electron chi connectivity index (χ2n) is 2.91. The maximum absolute atomic E-state index is 10.6. The molecule has 1 saturated heterocycles. The number of alkyl halides is 3. The fraction of sp³-hybridized carbons (Fsp3) is 0.857. The fourth-order valence-electron chi connectivity index (χ4n) is 0.865. The Bertz CT molecular complexity index is 285. The van der Waals surface area contributed by atoms with E-state index in [9.17, 15) is 13.2 Å². The summed E-state index contributed by atoms with van der Waals surface area (Å²) < 4.78 is 37.0. The Labute approximate surface area is 94.2 Å². The first-order valence-corrected chi connectivity index (χ1v) is 4.51. The molecule has 1 fully saturated rings. The minimum atomic E-state index is -5.08. The lowest BCUT2D eigenvalue weighted by Gasteiger charge is -2.21. The lowest BCUT2D eigenvalue weighted by Crippen LogP contribution is -2.39. The monoisotopic (exact) mass is 256 g/mol. The maximum Gasteiger partial charge on any atom is 0.490 e. The number of carbonyl (C=O) groups is 1. The average Bonchev–Trinajstić information content (AvgIpc) is 2.27. The third-order valence-electron chi connectivity index (χ3n) is 1.60. The molecule has 7 nitrogen and oxygen atoms in total. The van der Waals surface area contributed by atoms with Crippen molar-refractivity contribution in [1.82, 2.24) is 5.32 Å². The highest BCUT2D eigenvalue weighted by atomic mass is 19.4. The van der Waals surface area contributed by atoms with E-state index >= 15 is 0 Å². The molecule has 10 heteroatoms. The average molecular weight is 256 g/mol. The molecular formula is C7H11F3N4O3. The zero-order valence-electron chi connectivity index (χ0n) is 8.65. The Morgan fingerprint density at radius 2 is 2.24 bits per heavy atom. The molecule has 0 amide bonds. The molecule has 1 atom stereocenters. The molecule has 0 aliphatic carbocycles. The first kappa shape index (κ1) is 15.5. The standard InChI is InChI=1S/C5H10N4O.C2HF3O2/c6-9-8-4-5-3-7-1-2-10-5;3-2(4,5)1(6)7/h5,7H,1-4H2;(H,6,7)/t5-;/m1./s1. The van der Waals surface area contributed by atoms with Gasteiger partial charge in [-0.15, -0.1) is 0 Å². The molecule has 98 valence electrons. The zero-order chi connectivity index (χ0) is 13.3. The van der Waals surface area contributed by atoms with Crippen molar-refractivity contribution in [3.05, 3.63) is 10.4 Å². The van der Waals surface area contributed by atoms with Crippen molar-refractivity contribution in [2.24, 2.45) is 5.11 Å². The molecule has 1 rings (SSSR count). The lowest BCUT2D eigenvalue weighted by molar-refractivity contribution is -0.192. The highest BCUT2D eigenvalue weighted by molar-refractivity contribution is 5.73. The quantitative estimate of drug-likeness (QED) is 0.435. The third kappa shape index (κ3) is 8.31. The Kier molecular flexibility index (Phi) is 7.03. The summed E-state index contributed by atoms with van der Waals surface area (Å²) in [7, 11) is 0. The number of hydrogen-bond acceptors (Lipinski definition) is 4. The first-order valence-electron chi connectivity index (χ1n) is 4.51. The maximum atomic E-state index is 10.6. The van der Waals surface area contributed by atoms with Crippen molar-refractivity contribution in [3.8, 4) is 0 Å². The molecule has 17 heavy (non-hydrogen) atoms. The largest absolute Gasteiger partial charge is 0.490 e. The van der Waals surface area contributed by atoms with Gasteiger partial charge in [-0.25, -0.2) is 4.79 Å². The van der Waals surface area contributed by atoms with E-state index in [-0.39, 0.29) is 6.10 Å². The second kappa shape index (κ2) is 7.71. The lowest BCUT2D eigenvalue weighted by atomic mass is 10.3. The van der Waals surface area contributed by atoms with Gasteiger partial charge in [0.15, 0.2) is 0 Å². The van der Waals surface area contributed by atoms with Crippen LogP contribution in [0.25, 0.3) is 10.4 Å². The van der Waals surface area contributed by atoms with Crippen LogP contribution in [0.2, 0.25) is 0 Å². The van der Waals surface area contributed by atoms with Crippen LogP contribution in [0, 0.1) is 0 Å². The number of nitrogens with one attached hydrogen (secondary N) is 1. The van der Waals surface area contributed by atoms with E-state index in [1.165, 1.54) is 0 Å². The predicted octanol–water partition coefficient (Wildman–Crippen LogP) is 0.918. The van der Waals surface area contributed by atoms with Gasteiger partial charge in [0.25, 0.3) is 0 Å². The summed E-state index contributed by atoms with van der Waals surface area (Å²) >= 11 is 0. The first-order chi connectivity index (χ1) is 7.88. The molecule has 0 aromatic carbocycles. The normalized spacial score (nSPS) is 19.6. The Morgan fingerprint density at radius 1 is 1.65 bits per heavy atom. The molecule has 0 aromatic rings.